The van der Waals surface area contributed by atoms with Crippen molar-refractivity contribution in [2.24, 2.45) is 5.41 Å². The average Bonchev–Trinajstić information content (AvgIpc) is 2.66. The van der Waals surface area contributed by atoms with Gasteiger partial charge in [0.25, 0.3) is 0 Å². The maximum Gasteiger partial charge on any atom is 0.158 e. The minimum absolute atomic E-state index is 0.347. The van der Waals surface area contributed by atoms with E-state index in [9.17, 15) is 0 Å². The van der Waals surface area contributed by atoms with E-state index < -0.39 is 0 Å². The number of hydrogen-bond donors (Lipinski definition) is 1. The van der Waals surface area contributed by atoms with Crippen molar-refractivity contribution in [3.8, 4) is 0 Å². The third-order valence-electron chi connectivity index (χ3n) is 3.22. The predicted octanol–water partition coefficient (Wildman–Crippen LogP) is 1.83. The van der Waals surface area contributed by atoms with Crippen molar-refractivity contribution in [2.75, 3.05) is 30.3 Å². The van der Waals surface area contributed by atoms with Gasteiger partial charge in [0.15, 0.2) is 5.82 Å². The zero-order valence-corrected chi connectivity index (χ0v) is 11.4. The Morgan fingerprint density at radius 3 is 2.83 bits per heavy atom. The highest BCUT2D eigenvalue weighted by Crippen LogP contribution is 2.31. The number of nitrogen functional groups attached to an aromatic ring is 1. The summed E-state index contributed by atoms with van der Waals surface area (Å²) in [7, 11) is 0. The van der Waals surface area contributed by atoms with Crippen molar-refractivity contribution in [1.82, 2.24) is 9.97 Å². The monoisotopic (exact) mass is 250 g/mol. The zero-order chi connectivity index (χ0) is 13.2. The second kappa shape index (κ2) is 5.10. The molecule has 1 aromatic rings. The Kier molecular flexibility index (Phi) is 3.71. The number of rotatable bonds is 4. The largest absolute Gasteiger partial charge is 0.384 e. The molecule has 0 amide bonds. The van der Waals surface area contributed by atoms with Gasteiger partial charge in [-0.1, -0.05) is 13.8 Å². The van der Waals surface area contributed by atoms with Gasteiger partial charge in [0.2, 0.25) is 0 Å². The average molecular weight is 250 g/mol. The molecule has 0 saturated carbocycles. The molecular formula is C13H22N4O. The van der Waals surface area contributed by atoms with Crippen LogP contribution in [-0.4, -0.2) is 29.7 Å². The van der Waals surface area contributed by atoms with Crippen molar-refractivity contribution < 1.29 is 4.74 Å². The van der Waals surface area contributed by atoms with E-state index in [2.05, 4.69) is 28.7 Å². The summed E-state index contributed by atoms with van der Waals surface area (Å²) >= 11 is 0. The van der Waals surface area contributed by atoms with Gasteiger partial charge < -0.3 is 15.4 Å². The second-order valence-electron chi connectivity index (χ2n) is 5.54. The number of aromatic nitrogens is 2. The van der Waals surface area contributed by atoms with Crippen molar-refractivity contribution in [3.05, 3.63) is 11.9 Å². The number of nitrogens with two attached hydrogens (primary N) is 1. The summed E-state index contributed by atoms with van der Waals surface area (Å²) in [6.45, 7) is 9.62. The minimum atomic E-state index is 0.347. The Morgan fingerprint density at radius 2 is 2.22 bits per heavy atom. The van der Waals surface area contributed by atoms with Crippen LogP contribution in [0.5, 0.6) is 0 Å². The van der Waals surface area contributed by atoms with Crippen LogP contribution in [0.4, 0.5) is 11.6 Å². The molecule has 1 aromatic heterocycles. The van der Waals surface area contributed by atoms with Gasteiger partial charge in [0, 0.05) is 25.8 Å². The van der Waals surface area contributed by atoms with Crippen LogP contribution in [0.2, 0.25) is 0 Å². The molecular weight excluding hydrogens is 228 g/mol. The maximum absolute atomic E-state index is 5.83. The van der Waals surface area contributed by atoms with E-state index in [1.165, 1.54) is 6.42 Å². The molecule has 2 rings (SSSR count). The van der Waals surface area contributed by atoms with Crippen LogP contribution in [0.3, 0.4) is 0 Å². The molecule has 5 heteroatoms. The van der Waals surface area contributed by atoms with E-state index >= 15 is 0 Å². The Morgan fingerprint density at radius 1 is 1.44 bits per heavy atom. The summed E-state index contributed by atoms with van der Waals surface area (Å²) in [6, 6.07) is 1.84. The molecule has 0 aliphatic carbocycles. The summed E-state index contributed by atoms with van der Waals surface area (Å²) in [4.78, 5) is 11.0. The molecule has 0 atom stereocenters. The Balaban J connectivity index is 2.15. The van der Waals surface area contributed by atoms with Gasteiger partial charge in [0.1, 0.15) is 18.2 Å². The smallest absolute Gasteiger partial charge is 0.158 e. The molecule has 2 heterocycles. The lowest BCUT2D eigenvalue weighted by Crippen LogP contribution is -2.24. The molecule has 0 unspecified atom stereocenters. The van der Waals surface area contributed by atoms with Gasteiger partial charge in [-0.15, -0.1) is 0 Å². The van der Waals surface area contributed by atoms with E-state index in [-0.39, 0.29) is 0 Å². The van der Waals surface area contributed by atoms with Crippen LogP contribution in [-0.2, 0) is 11.3 Å². The summed E-state index contributed by atoms with van der Waals surface area (Å²) in [5, 5.41) is 0. The zero-order valence-electron chi connectivity index (χ0n) is 11.4. The lowest BCUT2D eigenvalue weighted by atomic mass is 9.93. The fourth-order valence-electron chi connectivity index (χ4n) is 2.23. The van der Waals surface area contributed by atoms with Crippen LogP contribution in [0, 0.1) is 5.41 Å². The molecule has 0 bridgehead atoms. The van der Waals surface area contributed by atoms with Crippen molar-refractivity contribution in [2.45, 2.75) is 33.8 Å². The summed E-state index contributed by atoms with van der Waals surface area (Å²) < 4.78 is 5.33. The van der Waals surface area contributed by atoms with Crippen LogP contribution in [0.15, 0.2) is 6.07 Å². The van der Waals surface area contributed by atoms with Crippen molar-refractivity contribution in [1.29, 1.82) is 0 Å². The van der Waals surface area contributed by atoms with E-state index in [0.29, 0.717) is 30.3 Å². The molecule has 18 heavy (non-hydrogen) atoms. The van der Waals surface area contributed by atoms with Crippen LogP contribution in [0.25, 0.3) is 0 Å². The fraction of sp³-hybridized carbons (Fsp3) is 0.692. The second-order valence-corrected chi connectivity index (χ2v) is 5.54. The quantitative estimate of drug-likeness (QED) is 0.883. The molecule has 100 valence electrons. The SMILES string of the molecule is CCOCc1nc(N)cc(N2CCC(C)(C)C2)n1. The lowest BCUT2D eigenvalue weighted by molar-refractivity contribution is 0.128. The highest BCUT2D eigenvalue weighted by molar-refractivity contribution is 5.48. The van der Waals surface area contributed by atoms with Crippen molar-refractivity contribution >= 4 is 11.6 Å². The summed E-state index contributed by atoms with van der Waals surface area (Å²) in [5.74, 6) is 2.10. The minimum Gasteiger partial charge on any atom is -0.384 e. The van der Waals surface area contributed by atoms with Crippen LogP contribution >= 0.6 is 0 Å². The van der Waals surface area contributed by atoms with Gasteiger partial charge in [-0.2, -0.15) is 0 Å². The molecule has 0 radical (unpaired) electrons. The molecule has 0 aromatic carbocycles. The Hall–Kier alpha value is -1.36. The molecule has 1 saturated heterocycles. The molecule has 1 fully saturated rings. The van der Waals surface area contributed by atoms with E-state index in [1.54, 1.807) is 0 Å². The first-order valence-electron chi connectivity index (χ1n) is 6.46. The van der Waals surface area contributed by atoms with E-state index in [0.717, 1.165) is 18.9 Å². The van der Waals surface area contributed by atoms with Crippen LogP contribution < -0.4 is 10.6 Å². The fourth-order valence-corrected chi connectivity index (χ4v) is 2.23. The highest BCUT2D eigenvalue weighted by atomic mass is 16.5. The first-order chi connectivity index (χ1) is 8.50. The standard InChI is InChI=1S/C13H22N4O/c1-4-18-8-11-15-10(14)7-12(16-11)17-6-5-13(2,3)9-17/h7H,4-6,8-9H2,1-3H3,(H2,14,15,16). The highest BCUT2D eigenvalue weighted by Gasteiger charge is 2.30. The van der Waals surface area contributed by atoms with Crippen LogP contribution in [0.1, 0.15) is 33.0 Å². The predicted molar refractivity (Wildman–Crippen MR) is 72.4 cm³/mol. The third kappa shape index (κ3) is 3.10. The van der Waals surface area contributed by atoms with E-state index in [4.69, 9.17) is 10.5 Å². The van der Waals surface area contributed by atoms with Gasteiger partial charge in [-0.25, -0.2) is 9.97 Å². The molecule has 5 nitrogen and oxygen atoms in total. The number of ether oxygens (including phenoxy) is 1. The summed E-state index contributed by atoms with van der Waals surface area (Å²) in [5.41, 5.74) is 6.18. The molecule has 1 aliphatic heterocycles. The molecule has 2 N–H and O–H groups in total. The van der Waals surface area contributed by atoms with E-state index in [1.807, 2.05) is 13.0 Å². The number of nitrogens with zero attached hydrogens (tertiary/aromatic N) is 3. The van der Waals surface area contributed by atoms with Crippen molar-refractivity contribution in [3.63, 3.8) is 0 Å². The lowest BCUT2D eigenvalue weighted by Gasteiger charge is -2.21. The number of hydrogen-bond acceptors (Lipinski definition) is 5. The first-order valence-corrected chi connectivity index (χ1v) is 6.46. The van der Waals surface area contributed by atoms with Gasteiger partial charge in [-0.3, -0.25) is 0 Å². The van der Waals surface area contributed by atoms with Gasteiger partial charge in [0.05, 0.1) is 0 Å². The Labute approximate surface area is 108 Å². The van der Waals surface area contributed by atoms with Gasteiger partial charge in [-0.05, 0) is 18.8 Å². The molecule has 1 aliphatic rings. The Bertz CT molecular complexity index is 419. The third-order valence-corrected chi connectivity index (χ3v) is 3.22. The van der Waals surface area contributed by atoms with Gasteiger partial charge >= 0.3 is 0 Å². The maximum atomic E-state index is 5.83. The normalized spacial score (nSPS) is 18.3. The summed E-state index contributed by atoms with van der Waals surface area (Å²) in [6.07, 6.45) is 1.18. The molecule has 0 spiro atoms. The topological polar surface area (TPSA) is 64.3 Å². The number of anilines is 2. The first kappa shape index (κ1) is 13.1.